The highest BCUT2D eigenvalue weighted by Crippen LogP contribution is 2.41. The Labute approximate surface area is 236 Å². The zero-order valence-electron chi connectivity index (χ0n) is 24.5. The minimum Gasteiger partial charge on any atom is -0.478 e. The molecule has 39 heavy (non-hydrogen) atoms. The average molecular weight is 545 g/mol. The number of unbranched alkanes of at least 4 members (excludes halogenated alkanes) is 3. The number of benzene rings is 2. The Balaban J connectivity index is 0.000000650. The van der Waals surface area contributed by atoms with Gasteiger partial charge in [-0.3, -0.25) is 0 Å². The van der Waals surface area contributed by atoms with E-state index in [1.165, 1.54) is 57.8 Å². The van der Waals surface area contributed by atoms with Crippen LogP contribution in [0, 0.1) is 5.41 Å². The fraction of sp³-hybridized carbons (Fsp3) is 0.576. The lowest BCUT2D eigenvalue weighted by molar-refractivity contribution is -0.00950. The van der Waals surface area contributed by atoms with E-state index in [0.29, 0.717) is 11.1 Å². The second kappa shape index (κ2) is 22.2. The van der Waals surface area contributed by atoms with Crippen LogP contribution in [0.2, 0.25) is 0 Å². The minimum atomic E-state index is -0.879. The van der Waals surface area contributed by atoms with Crippen molar-refractivity contribution in [3.05, 3.63) is 71.8 Å². The van der Waals surface area contributed by atoms with Gasteiger partial charge in [0, 0.05) is 0 Å². The molecule has 2 atom stereocenters. The minimum absolute atomic E-state index is 0.126. The van der Waals surface area contributed by atoms with Gasteiger partial charge in [-0.25, -0.2) is 9.59 Å². The number of aromatic carboxylic acids is 2. The van der Waals surface area contributed by atoms with Crippen molar-refractivity contribution in [3.63, 3.8) is 0 Å². The summed E-state index contributed by atoms with van der Waals surface area (Å²) in [7, 11) is 0. The van der Waals surface area contributed by atoms with E-state index >= 15 is 0 Å². The van der Waals surface area contributed by atoms with Crippen molar-refractivity contribution in [2.45, 2.75) is 117 Å². The second-order valence-corrected chi connectivity index (χ2v) is 10.3. The normalized spacial score (nSPS) is 12.3. The molecule has 0 radical (unpaired) electrons. The first kappa shape index (κ1) is 36.3. The van der Waals surface area contributed by atoms with Crippen LogP contribution in [-0.2, 0) is 0 Å². The number of carboxylic acids is 2. The highest BCUT2D eigenvalue weighted by Gasteiger charge is 2.35. The van der Waals surface area contributed by atoms with E-state index in [-0.39, 0.29) is 17.6 Å². The van der Waals surface area contributed by atoms with Crippen molar-refractivity contribution in [2.24, 2.45) is 5.41 Å². The average Bonchev–Trinajstić information content (AvgIpc) is 2.94. The van der Waals surface area contributed by atoms with Crippen LogP contribution in [0.5, 0.6) is 0 Å². The lowest BCUT2D eigenvalue weighted by Crippen LogP contribution is -2.35. The summed E-state index contributed by atoms with van der Waals surface area (Å²) in [5.74, 6) is -1.76. The summed E-state index contributed by atoms with van der Waals surface area (Å²) >= 11 is 0. The first-order valence-corrected chi connectivity index (χ1v) is 14.6. The van der Waals surface area contributed by atoms with Crippen LogP contribution in [0.15, 0.2) is 60.7 Å². The van der Waals surface area contributed by atoms with Gasteiger partial charge in [0.2, 0.25) is 0 Å². The maximum Gasteiger partial charge on any atom is 0.335 e. The summed E-state index contributed by atoms with van der Waals surface area (Å²) in [5, 5.41) is 37.1. The molecule has 0 saturated heterocycles. The summed E-state index contributed by atoms with van der Waals surface area (Å²) in [6.07, 6.45) is 13.0. The topological polar surface area (TPSA) is 115 Å². The summed E-state index contributed by atoms with van der Waals surface area (Å²) < 4.78 is 0. The largest absolute Gasteiger partial charge is 0.478 e. The second-order valence-electron chi connectivity index (χ2n) is 10.3. The Morgan fingerprint density at radius 2 is 1.00 bits per heavy atom. The molecule has 0 bridgehead atoms. The maximum atomic E-state index is 10.9. The molecule has 0 amide bonds. The monoisotopic (exact) mass is 544 g/mol. The molecular weight excluding hydrogens is 492 g/mol. The number of hydrogen-bond donors (Lipinski definition) is 4. The number of carbonyl (C=O) groups is 2. The SMILES string of the molecule is CCCCC(CCCC)(CCCC)C(O)CCCC(C)O.O=C(O)c1ccccc1.O=C(O)c1ccccc1. The van der Waals surface area contributed by atoms with E-state index in [4.69, 9.17) is 10.2 Å². The standard InChI is InChI=1S/C19H40O2.2C7H6O2/c1-5-8-14-19(15-9-6-2,16-10-7-3)18(21)13-11-12-17(4)20;2*8-7(9)6-4-2-1-3-5-6/h17-18,20-21H,5-16H2,1-4H3;2*1-5H,(H,8,9). The zero-order valence-corrected chi connectivity index (χ0v) is 24.5. The molecular formula is C33H52O6. The Morgan fingerprint density at radius 1 is 0.641 bits per heavy atom. The molecule has 2 aromatic carbocycles. The molecule has 2 unspecified atom stereocenters. The highest BCUT2D eigenvalue weighted by atomic mass is 16.4. The fourth-order valence-electron chi connectivity index (χ4n) is 4.54. The van der Waals surface area contributed by atoms with Gasteiger partial charge in [0.25, 0.3) is 0 Å². The highest BCUT2D eigenvalue weighted by molar-refractivity contribution is 5.87. The summed E-state index contributed by atoms with van der Waals surface area (Å²) in [4.78, 5) is 20.4. The number of carboxylic acid groups (broad SMARTS) is 2. The van der Waals surface area contributed by atoms with Crippen molar-refractivity contribution in [2.75, 3.05) is 0 Å². The fourth-order valence-corrected chi connectivity index (χ4v) is 4.54. The Morgan fingerprint density at radius 3 is 1.26 bits per heavy atom. The molecule has 0 fully saturated rings. The van der Waals surface area contributed by atoms with Crippen LogP contribution >= 0.6 is 0 Å². The van der Waals surface area contributed by atoms with E-state index in [9.17, 15) is 19.8 Å². The maximum absolute atomic E-state index is 10.9. The number of rotatable bonds is 16. The van der Waals surface area contributed by atoms with Crippen molar-refractivity contribution in [3.8, 4) is 0 Å². The van der Waals surface area contributed by atoms with Crippen LogP contribution in [0.25, 0.3) is 0 Å². The van der Waals surface area contributed by atoms with E-state index in [2.05, 4.69) is 20.8 Å². The first-order chi connectivity index (χ1) is 18.6. The van der Waals surface area contributed by atoms with Gasteiger partial charge < -0.3 is 20.4 Å². The van der Waals surface area contributed by atoms with Crippen molar-refractivity contribution < 1.29 is 30.0 Å². The van der Waals surface area contributed by atoms with E-state index in [1.54, 1.807) is 60.7 Å². The third-order valence-corrected chi connectivity index (χ3v) is 6.93. The Hall–Kier alpha value is -2.70. The lowest BCUT2D eigenvalue weighted by Gasteiger charge is -2.39. The van der Waals surface area contributed by atoms with Gasteiger partial charge in [0.05, 0.1) is 23.3 Å². The molecule has 2 aromatic rings. The molecule has 0 aliphatic rings. The molecule has 0 aliphatic heterocycles. The number of aliphatic hydroxyl groups is 2. The number of aliphatic hydroxyl groups excluding tert-OH is 2. The molecule has 220 valence electrons. The first-order valence-electron chi connectivity index (χ1n) is 14.6. The van der Waals surface area contributed by atoms with Gasteiger partial charge in [-0.05, 0) is 75.1 Å². The van der Waals surface area contributed by atoms with Crippen molar-refractivity contribution in [1.29, 1.82) is 0 Å². The third-order valence-electron chi connectivity index (χ3n) is 6.93. The molecule has 0 heterocycles. The molecule has 0 spiro atoms. The van der Waals surface area contributed by atoms with Crippen LogP contribution in [-0.4, -0.2) is 44.6 Å². The third kappa shape index (κ3) is 16.8. The predicted molar refractivity (Wildman–Crippen MR) is 159 cm³/mol. The summed E-state index contributed by atoms with van der Waals surface area (Å²) in [5.41, 5.74) is 0.788. The summed E-state index contributed by atoms with van der Waals surface area (Å²) in [6, 6.07) is 16.6. The van der Waals surface area contributed by atoms with E-state index < -0.39 is 11.9 Å². The van der Waals surface area contributed by atoms with Gasteiger partial charge in [-0.2, -0.15) is 0 Å². The molecule has 6 nitrogen and oxygen atoms in total. The Kier molecular flexibility index (Phi) is 20.6. The molecule has 0 aliphatic carbocycles. The Bertz CT molecular complexity index is 795. The van der Waals surface area contributed by atoms with Crippen molar-refractivity contribution >= 4 is 11.9 Å². The molecule has 0 aromatic heterocycles. The van der Waals surface area contributed by atoms with Crippen LogP contribution in [0.1, 0.15) is 125 Å². The van der Waals surface area contributed by atoms with E-state index in [1.807, 2.05) is 6.92 Å². The predicted octanol–water partition coefficient (Wildman–Crippen LogP) is 8.23. The molecule has 0 saturated carbocycles. The lowest BCUT2D eigenvalue weighted by atomic mass is 9.69. The smallest absolute Gasteiger partial charge is 0.335 e. The molecule has 2 rings (SSSR count). The quantitative estimate of drug-likeness (QED) is 0.169. The van der Waals surface area contributed by atoms with Gasteiger partial charge in [-0.1, -0.05) is 95.7 Å². The van der Waals surface area contributed by atoms with Crippen LogP contribution in [0.3, 0.4) is 0 Å². The van der Waals surface area contributed by atoms with Crippen LogP contribution < -0.4 is 0 Å². The number of hydrogen-bond acceptors (Lipinski definition) is 4. The van der Waals surface area contributed by atoms with E-state index in [0.717, 1.165) is 19.3 Å². The van der Waals surface area contributed by atoms with Gasteiger partial charge >= 0.3 is 11.9 Å². The van der Waals surface area contributed by atoms with Crippen molar-refractivity contribution in [1.82, 2.24) is 0 Å². The summed E-state index contributed by atoms with van der Waals surface area (Å²) in [6.45, 7) is 8.56. The molecule has 4 N–H and O–H groups in total. The van der Waals surface area contributed by atoms with Gasteiger partial charge in [-0.15, -0.1) is 0 Å². The molecule has 6 heteroatoms. The van der Waals surface area contributed by atoms with Gasteiger partial charge in [0.1, 0.15) is 0 Å². The zero-order chi connectivity index (χ0) is 29.5. The van der Waals surface area contributed by atoms with Gasteiger partial charge in [0.15, 0.2) is 0 Å². The van der Waals surface area contributed by atoms with Crippen LogP contribution in [0.4, 0.5) is 0 Å².